The quantitative estimate of drug-likeness (QED) is 0.655. The molecule has 1 aromatic heterocycles. The van der Waals surface area contributed by atoms with E-state index in [0.717, 1.165) is 23.9 Å². The Morgan fingerprint density at radius 1 is 1.37 bits per heavy atom. The predicted molar refractivity (Wildman–Crippen MR) is 107 cm³/mol. The highest BCUT2D eigenvalue weighted by Crippen LogP contribution is 2.36. The Balaban J connectivity index is 1.68. The molecule has 2 unspecified atom stereocenters. The smallest absolute Gasteiger partial charge is 0.325 e. The number of carbonyl (C=O) groups is 1. The largest absolute Gasteiger partial charge is 0.417 e. The third-order valence-corrected chi connectivity index (χ3v) is 7.89. The molecule has 0 aliphatic carbocycles. The van der Waals surface area contributed by atoms with Crippen molar-refractivity contribution >= 4 is 44.8 Å². The number of aromatic nitrogens is 3. The summed E-state index contributed by atoms with van der Waals surface area (Å²) >= 11 is 6.66. The molecule has 7 nitrogen and oxygen atoms in total. The normalized spacial score (nSPS) is 19.6. The molecule has 164 valence electrons. The third-order valence-electron chi connectivity index (χ3n) is 4.66. The molecule has 1 N–H and O–H groups in total. The summed E-state index contributed by atoms with van der Waals surface area (Å²) in [5.74, 6) is -0.132. The molecular formula is C17H18ClF3N4O3S2. The van der Waals surface area contributed by atoms with Crippen LogP contribution in [0, 0.1) is 0 Å². The molecule has 1 aliphatic heterocycles. The average Bonchev–Trinajstić information content (AvgIpc) is 3.17. The molecular weight excluding hydrogens is 465 g/mol. The molecule has 0 saturated carbocycles. The minimum absolute atomic E-state index is 0.0117. The number of hydrogen-bond acceptors (Lipinski definition) is 6. The van der Waals surface area contributed by atoms with Gasteiger partial charge in [0.2, 0.25) is 5.91 Å². The second-order valence-corrected chi connectivity index (χ2v) is 10.9. The number of sulfone groups is 1. The third kappa shape index (κ3) is 5.09. The van der Waals surface area contributed by atoms with Gasteiger partial charge >= 0.3 is 6.18 Å². The lowest BCUT2D eigenvalue weighted by Gasteiger charge is -2.14. The lowest BCUT2D eigenvalue weighted by Crippen LogP contribution is -2.23. The van der Waals surface area contributed by atoms with Gasteiger partial charge in [-0.2, -0.15) is 13.2 Å². The van der Waals surface area contributed by atoms with Gasteiger partial charge in [-0.3, -0.25) is 4.79 Å². The molecule has 0 bridgehead atoms. The molecule has 0 spiro atoms. The van der Waals surface area contributed by atoms with Gasteiger partial charge in [0.25, 0.3) is 0 Å². The highest BCUT2D eigenvalue weighted by atomic mass is 35.5. The van der Waals surface area contributed by atoms with Crippen LogP contribution in [0.25, 0.3) is 0 Å². The van der Waals surface area contributed by atoms with E-state index >= 15 is 0 Å². The average molecular weight is 483 g/mol. The van der Waals surface area contributed by atoms with Crippen LogP contribution in [0.5, 0.6) is 0 Å². The molecule has 2 heterocycles. The van der Waals surface area contributed by atoms with Crippen molar-refractivity contribution in [1.29, 1.82) is 0 Å². The summed E-state index contributed by atoms with van der Waals surface area (Å²) in [6, 6.07) is 3.13. The monoisotopic (exact) mass is 482 g/mol. The maximum absolute atomic E-state index is 13.0. The first-order valence-electron chi connectivity index (χ1n) is 8.81. The lowest BCUT2D eigenvalue weighted by atomic mass is 10.1. The zero-order valence-electron chi connectivity index (χ0n) is 15.9. The summed E-state index contributed by atoms with van der Waals surface area (Å²) in [7, 11) is -1.40. The van der Waals surface area contributed by atoms with Gasteiger partial charge in [0, 0.05) is 18.7 Å². The van der Waals surface area contributed by atoms with E-state index in [0.29, 0.717) is 17.4 Å². The first-order chi connectivity index (χ1) is 13.9. The zero-order chi connectivity index (χ0) is 22.3. The Labute approximate surface area is 180 Å². The van der Waals surface area contributed by atoms with Crippen LogP contribution in [0.1, 0.15) is 30.7 Å². The van der Waals surface area contributed by atoms with E-state index < -0.39 is 37.8 Å². The Morgan fingerprint density at radius 2 is 2.07 bits per heavy atom. The molecule has 1 fully saturated rings. The van der Waals surface area contributed by atoms with Gasteiger partial charge in [-0.1, -0.05) is 23.4 Å². The summed E-state index contributed by atoms with van der Waals surface area (Å²) in [5.41, 5.74) is -1.06. The van der Waals surface area contributed by atoms with Crippen LogP contribution < -0.4 is 5.32 Å². The number of carbonyl (C=O) groups excluding carboxylic acids is 1. The van der Waals surface area contributed by atoms with Crippen LogP contribution in [0.2, 0.25) is 5.02 Å². The van der Waals surface area contributed by atoms with Crippen molar-refractivity contribution in [3.63, 3.8) is 0 Å². The first-order valence-corrected chi connectivity index (χ1v) is 11.9. The lowest BCUT2D eigenvalue weighted by molar-refractivity contribution is -0.137. The summed E-state index contributed by atoms with van der Waals surface area (Å²) in [4.78, 5) is 12.4. The van der Waals surface area contributed by atoms with Gasteiger partial charge in [0.15, 0.2) is 15.0 Å². The first kappa shape index (κ1) is 22.9. The number of nitrogens with one attached hydrogen (secondary N) is 1. The molecule has 1 aromatic carbocycles. The van der Waals surface area contributed by atoms with Crippen LogP contribution in [0.3, 0.4) is 0 Å². The zero-order valence-corrected chi connectivity index (χ0v) is 18.3. The second-order valence-electron chi connectivity index (χ2n) is 6.94. The number of halogens is 4. The highest BCUT2D eigenvalue weighted by molar-refractivity contribution is 8.00. The van der Waals surface area contributed by atoms with Crippen molar-refractivity contribution in [2.45, 2.75) is 35.8 Å². The van der Waals surface area contributed by atoms with Gasteiger partial charge in [-0.25, -0.2) is 8.42 Å². The van der Waals surface area contributed by atoms with Gasteiger partial charge in [-0.15, -0.1) is 10.2 Å². The number of anilines is 1. The molecule has 0 radical (unpaired) electrons. The van der Waals surface area contributed by atoms with Crippen LogP contribution >= 0.6 is 23.4 Å². The van der Waals surface area contributed by atoms with Crippen LogP contribution in [-0.2, 0) is 27.9 Å². The summed E-state index contributed by atoms with van der Waals surface area (Å²) in [6.07, 6.45) is -4.17. The van der Waals surface area contributed by atoms with Gasteiger partial charge in [0.1, 0.15) is 5.82 Å². The van der Waals surface area contributed by atoms with Crippen molar-refractivity contribution < 1.29 is 26.4 Å². The van der Waals surface area contributed by atoms with Crippen molar-refractivity contribution in [1.82, 2.24) is 14.8 Å². The molecule has 1 amide bonds. The maximum atomic E-state index is 13.0. The molecule has 1 saturated heterocycles. The maximum Gasteiger partial charge on any atom is 0.417 e. The molecule has 13 heteroatoms. The van der Waals surface area contributed by atoms with E-state index in [2.05, 4.69) is 15.5 Å². The van der Waals surface area contributed by atoms with E-state index in [1.165, 1.54) is 6.07 Å². The van der Waals surface area contributed by atoms with E-state index in [9.17, 15) is 26.4 Å². The SMILES string of the molecule is CC(Sc1nnc(C2CCS(=O)(=O)C2)n1C)C(=O)Nc1ccc(Cl)c(C(F)(F)F)c1. The number of alkyl halides is 3. The minimum Gasteiger partial charge on any atom is -0.325 e. The molecule has 30 heavy (non-hydrogen) atoms. The van der Waals surface area contributed by atoms with Gasteiger partial charge in [0.05, 0.1) is 27.3 Å². The number of nitrogens with zero attached hydrogens (tertiary/aromatic N) is 3. The molecule has 3 rings (SSSR count). The van der Waals surface area contributed by atoms with Gasteiger partial charge in [-0.05, 0) is 31.5 Å². The number of hydrogen-bond donors (Lipinski definition) is 1. The number of benzene rings is 1. The highest BCUT2D eigenvalue weighted by Gasteiger charge is 2.34. The van der Waals surface area contributed by atoms with Crippen LogP contribution in [0.15, 0.2) is 23.4 Å². The standard InChI is InChI=1S/C17H18ClF3N4O3S2/c1-9(15(26)22-11-3-4-13(18)12(7-11)17(19,20)21)29-16-24-23-14(25(16)2)10-5-6-30(27,28)8-10/h3-4,7,9-10H,5-6,8H2,1-2H3,(H,22,26). The van der Waals surface area contributed by atoms with Crippen molar-refractivity contribution in [3.05, 3.63) is 34.6 Å². The Kier molecular flexibility index (Phi) is 6.40. The molecule has 1 aliphatic rings. The Bertz CT molecular complexity index is 1070. The van der Waals surface area contributed by atoms with E-state index in [1.54, 1.807) is 18.5 Å². The number of thioether (sulfide) groups is 1. The van der Waals surface area contributed by atoms with E-state index in [4.69, 9.17) is 11.6 Å². The van der Waals surface area contributed by atoms with Crippen LogP contribution in [0.4, 0.5) is 18.9 Å². The minimum atomic E-state index is -4.64. The fraction of sp³-hybridized carbons (Fsp3) is 0.471. The molecule has 2 aromatic rings. The number of amides is 1. The predicted octanol–water partition coefficient (Wildman–Crippen LogP) is 3.51. The fourth-order valence-corrected chi connectivity index (χ4v) is 5.84. The molecule has 2 atom stereocenters. The summed E-state index contributed by atoms with van der Waals surface area (Å²) in [5, 5.41) is 9.79. The Hall–Kier alpha value is -1.79. The number of rotatable bonds is 5. The second kappa shape index (κ2) is 8.39. The summed E-state index contributed by atoms with van der Waals surface area (Å²) < 4.78 is 63.9. The van der Waals surface area contributed by atoms with Crippen molar-refractivity contribution in [3.8, 4) is 0 Å². The topological polar surface area (TPSA) is 93.9 Å². The fourth-order valence-electron chi connectivity index (χ4n) is 3.06. The summed E-state index contributed by atoms with van der Waals surface area (Å²) in [6.45, 7) is 1.58. The van der Waals surface area contributed by atoms with Crippen molar-refractivity contribution in [2.75, 3.05) is 16.8 Å². The van der Waals surface area contributed by atoms with Crippen molar-refractivity contribution in [2.24, 2.45) is 7.05 Å². The van der Waals surface area contributed by atoms with E-state index in [-0.39, 0.29) is 23.1 Å². The van der Waals surface area contributed by atoms with E-state index in [1.807, 2.05) is 0 Å². The van der Waals surface area contributed by atoms with Crippen LogP contribution in [-0.4, -0.2) is 45.8 Å². The van der Waals surface area contributed by atoms with Gasteiger partial charge < -0.3 is 9.88 Å². The Morgan fingerprint density at radius 3 is 2.67 bits per heavy atom.